The fourth-order valence-corrected chi connectivity index (χ4v) is 2.26. The number of hydrogen-bond acceptors (Lipinski definition) is 4. The minimum atomic E-state index is -1.05. The molecule has 1 fully saturated rings. The van der Waals surface area contributed by atoms with Crippen molar-refractivity contribution in [3.05, 3.63) is 0 Å². The van der Waals surface area contributed by atoms with Gasteiger partial charge in [-0.25, -0.2) is 9.59 Å². The van der Waals surface area contributed by atoms with Gasteiger partial charge in [-0.15, -0.1) is 0 Å². The summed E-state index contributed by atoms with van der Waals surface area (Å²) in [5.74, 6) is -0.656. The van der Waals surface area contributed by atoms with E-state index >= 15 is 0 Å². The quantitative estimate of drug-likeness (QED) is 0.745. The molecule has 20 heavy (non-hydrogen) atoms. The number of urea groups is 1. The second kappa shape index (κ2) is 8.06. The Morgan fingerprint density at radius 2 is 2.15 bits per heavy atom. The molecule has 3 unspecified atom stereocenters. The molecule has 116 valence electrons. The lowest BCUT2D eigenvalue weighted by Gasteiger charge is -2.36. The summed E-state index contributed by atoms with van der Waals surface area (Å²) in [6.45, 7) is 3.47. The molecule has 1 rings (SSSR count). The summed E-state index contributed by atoms with van der Waals surface area (Å²) in [6, 6.07) is -1.29. The minimum Gasteiger partial charge on any atom is -0.480 e. The van der Waals surface area contributed by atoms with Crippen LogP contribution >= 0.6 is 0 Å². The molecule has 1 aliphatic rings. The third-order valence-corrected chi connectivity index (χ3v) is 3.69. The summed E-state index contributed by atoms with van der Waals surface area (Å²) >= 11 is 0. The number of carboxylic acids is 1. The first-order valence-corrected chi connectivity index (χ1v) is 6.79. The monoisotopic (exact) mass is 288 g/mol. The van der Waals surface area contributed by atoms with Crippen LogP contribution in [0.15, 0.2) is 0 Å². The topological polar surface area (TPSA) is 88.1 Å². The fraction of sp³-hybridized carbons (Fsp3) is 0.846. The molecule has 2 amide bonds. The summed E-state index contributed by atoms with van der Waals surface area (Å²) in [4.78, 5) is 24.8. The van der Waals surface area contributed by atoms with Gasteiger partial charge in [-0.3, -0.25) is 0 Å². The number of nitrogens with one attached hydrogen (secondary N) is 1. The maximum absolute atomic E-state index is 12.1. The summed E-state index contributed by atoms with van der Waals surface area (Å²) in [6.07, 6.45) is 1.09. The van der Waals surface area contributed by atoms with Gasteiger partial charge >= 0.3 is 12.0 Å². The Hall–Kier alpha value is -1.34. The van der Waals surface area contributed by atoms with E-state index in [1.165, 1.54) is 7.11 Å². The van der Waals surface area contributed by atoms with Gasteiger partial charge in [0, 0.05) is 40.3 Å². The molecule has 3 atom stereocenters. The molecule has 7 heteroatoms. The normalized spacial score (nSPS) is 24.2. The largest absolute Gasteiger partial charge is 0.480 e. The highest BCUT2D eigenvalue weighted by Gasteiger charge is 2.30. The third-order valence-electron chi connectivity index (χ3n) is 3.69. The number of aliphatic carboxylic acids is 1. The van der Waals surface area contributed by atoms with E-state index in [1.807, 2.05) is 0 Å². The average Bonchev–Trinajstić information content (AvgIpc) is 2.43. The molecule has 0 spiro atoms. The van der Waals surface area contributed by atoms with Crippen LogP contribution in [0, 0.1) is 5.92 Å². The predicted octanol–water partition coefficient (Wildman–Crippen LogP) is 0.543. The van der Waals surface area contributed by atoms with Gasteiger partial charge in [-0.1, -0.05) is 6.92 Å². The van der Waals surface area contributed by atoms with Gasteiger partial charge in [0.15, 0.2) is 0 Å². The fourth-order valence-electron chi connectivity index (χ4n) is 2.26. The summed E-state index contributed by atoms with van der Waals surface area (Å²) < 4.78 is 10.2. The van der Waals surface area contributed by atoms with E-state index in [-0.39, 0.29) is 25.2 Å². The van der Waals surface area contributed by atoms with Gasteiger partial charge in [-0.2, -0.15) is 0 Å². The lowest BCUT2D eigenvalue weighted by Crippen LogP contribution is -2.53. The molecule has 0 aromatic rings. The number of piperidine rings is 1. The van der Waals surface area contributed by atoms with Gasteiger partial charge in [0.25, 0.3) is 0 Å². The zero-order chi connectivity index (χ0) is 15.1. The van der Waals surface area contributed by atoms with E-state index in [1.54, 1.807) is 12.0 Å². The van der Waals surface area contributed by atoms with Crippen molar-refractivity contribution in [3.8, 4) is 0 Å². The number of likely N-dealkylation sites (tertiary alicyclic amines) is 1. The van der Waals surface area contributed by atoms with Crippen LogP contribution in [-0.4, -0.2) is 68.1 Å². The molecule has 1 aliphatic heterocycles. The van der Waals surface area contributed by atoms with Crippen molar-refractivity contribution >= 4 is 12.0 Å². The first-order valence-electron chi connectivity index (χ1n) is 6.79. The van der Waals surface area contributed by atoms with Gasteiger partial charge in [-0.05, 0) is 12.3 Å². The Balaban J connectivity index is 2.53. The molecule has 1 saturated heterocycles. The SMILES string of the molecule is COCCC(NC(=O)N1CCC(C)C(OC)C1)C(=O)O. The Labute approximate surface area is 119 Å². The lowest BCUT2D eigenvalue weighted by molar-refractivity contribution is -0.139. The first kappa shape index (κ1) is 16.7. The van der Waals surface area contributed by atoms with Gasteiger partial charge in [0.2, 0.25) is 0 Å². The second-order valence-electron chi connectivity index (χ2n) is 5.11. The summed E-state index contributed by atoms with van der Waals surface area (Å²) in [5, 5.41) is 11.6. The molecular weight excluding hydrogens is 264 g/mol. The molecule has 0 aromatic carbocycles. The van der Waals surface area contributed by atoms with Gasteiger partial charge in [0.05, 0.1) is 6.10 Å². The number of rotatable bonds is 6. The standard InChI is InChI=1S/C13H24N2O5/c1-9-4-6-15(8-11(9)20-3)13(18)14-10(12(16)17)5-7-19-2/h9-11H,4-8H2,1-3H3,(H,14,18)(H,16,17). The van der Waals surface area contributed by atoms with Crippen LogP contribution in [0.5, 0.6) is 0 Å². The highest BCUT2D eigenvalue weighted by atomic mass is 16.5. The molecule has 0 bridgehead atoms. The first-order chi connectivity index (χ1) is 9.49. The number of methoxy groups -OCH3 is 2. The molecule has 7 nitrogen and oxygen atoms in total. The Morgan fingerprint density at radius 3 is 2.70 bits per heavy atom. The van der Waals surface area contributed by atoms with Crippen LogP contribution in [0.3, 0.4) is 0 Å². The van der Waals surface area contributed by atoms with E-state index in [0.29, 0.717) is 19.0 Å². The zero-order valence-corrected chi connectivity index (χ0v) is 12.3. The predicted molar refractivity (Wildman–Crippen MR) is 72.6 cm³/mol. The molecule has 0 radical (unpaired) electrons. The maximum atomic E-state index is 12.1. The van der Waals surface area contributed by atoms with Crippen molar-refractivity contribution in [2.45, 2.75) is 31.9 Å². The van der Waals surface area contributed by atoms with E-state index in [0.717, 1.165) is 6.42 Å². The number of amides is 2. The number of hydrogen-bond donors (Lipinski definition) is 2. The van der Waals surface area contributed by atoms with Gasteiger partial charge < -0.3 is 24.8 Å². The number of carboxylic acid groups (broad SMARTS) is 1. The molecule has 1 heterocycles. The lowest BCUT2D eigenvalue weighted by atomic mass is 9.96. The van der Waals surface area contributed by atoms with Crippen LogP contribution < -0.4 is 5.32 Å². The van der Waals surface area contributed by atoms with Crippen molar-refractivity contribution in [2.24, 2.45) is 5.92 Å². The number of nitrogens with zero attached hydrogens (tertiary/aromatic N) is 1. The summed E-state index contributed by atoms with van der Waals surface area (Å²) in [5.41, 5.74) is 0. The Kier molecular flexibility index (Phi) is 6.74. The van der Waals surface area contributed by atoms with Crippen LogP contribution in [-0.2, 0) is 14.3 Å². The van der Waals surface area contributed by atoms with E-state index in [9.17, 15) is 9.59 Å². The average molecular weight is 288 g/mol. The Morgan fingerprint density at radius 1 is 1.45 bits per heavy atom. The highest BCUT2D eigenvalue weighted by molar-refractivity contribution is 5.82. The molecular formula is C13H24N2O5. The van der Waals surface area contributed by atoms with Crippen molar-refractivity contribution in [1.82, 2.24) is 10.2 Å². The van der Waals surface area contributed by atoms with Crippen LogP contribution in [0.4, 0.5) is 4.79 Å². The van der Waals surface area contributed by atoms with Crippen LogP contribution in [0.25, 0.3) is 0 Å². The maximum Gasteiger partial charge on any atom is 0.326 e. The van der Waals surface area contributed by atoms with E-state index < -0.39 is 12.0 Å². The van der Waals surface area contributed by atoms with E-state index in [2.05, 4.69) is 12.2 Å². The molecule has 0 aliphatic carbocycles. The molecule has 2 N–H and O–H groups in total. The molecule has 0 aromatic heterocycles. The van der Waals surface area contributed by atoms with E-state index in [4.69, 9.17) is 14.6 Å². The van der Waals surface area contributed by atoms with Gasteiger partial charge in [0.1, 0.15) is 6.04 Å². The van der Waals surface area contributed by atoms with Crippen LogP contribution in [0.1, 0.15) is 19.8 Å². The number of carbonyl (C=O) groups is 2. The van der Waals surface area contributed by atoms with Crippen molar-refractivity contribution in [2.75, 3.05) is 33.9 Å². The third kappa shape index (κ3) is 4.64. The second-order valence-corrected chi connectivity index (χ2v) is 5.11. The van der Waals surface area contributed by atoms with Crippen LogP contribution in [0.2, 0.25) is 0 Å². The number of ether oxygens (including phenoxy) is 2. The van der Waals surface area contributed by atoms with Crippen molar-refractivity contribution in [3.63, 3.8) is 0 Å². The molecule has 0 saturated carbocycles. The van der Waals surface area contributed by atoms with Crippen molar-refractivity contribution in [1.29, 1.82) is 0 Å². The Bertz CT molecular complexity index is 337. The number of carbonyl (C=O) groups excluding carboxylic acids is 1. The zero-order valence-electron chi connectivity index (χ0n) is 12.3. The van der Waals surface area contributed by atoms with Crippen molar-refractivity contribution < 1.29 is 24.2 Å². The summed E-state index contributed by atoms with van der Waals surface area (Å²) in [7, 11) is 3.12. The highest BCUT2D eigenvalue weighted by Crippen LogP contribution is 2.19. The smallest absolute Gasteiger partial charge is 0.326 e. The minimum absolute atomic E-state index is 0.00301.